The number of carbonyl (C=O) groups excluding carboxylic acids is 1. The molecule has 0 atom stereocenters. The van der Waals surface area contributed by atoms with Gasteiger partial charge in [0.25, 0.3) is 5.91 Å². The van der Waals surface area contributed by atoms with Gasteiger partial charge in [0.15, 0.2) is 0 Å². The fourth-order valence-corrected chi connectivity index (χ4v) is 3.25. The zero-order valence-electron chi connectivity index (χ0n) is 14.1. The van der Waals surface area contributed by atoms with Crippen LogP contribution in [0.2, 0.25) is 0 Å². The molecule has 2 N–H and O–H groups in total. The Hall–Kier alpha value is -2.34. The van der Waals surface area contributed by atoms with Crippen molar-refractivity contribution in [2.24, 2.45) is 0 Å². The van der Waals surface area contributed by atoms with Crippen LogP contribution in [0.25, 0.3) is 11.1 Å². The number of carbonyl (C=O) groups is 1. The summed E-state index contributed by atoms with van der Waals surface area (Å²) < 4.78 is 38.2. The molecule has 0 bridgehead atoms. The van der Waals surface area contributed by atoms with Gasteiger partial charge in [0.05, 0.1) is 11.7 Å². The first-order chi connectivity index (χ1) is 12.3. The first kappa shape index (κ1) is 18.5. The normalized spacial score (nSPS) is 20.6. The molecule has 2 aromatic rings. The van der Waals surface area contributed by atoms with Crippen LogP contribution in [0, 0.1) is 0 Å². The lowest BCUT2D eigenvalue weighted by Gasteiger charge is -2.26. The fraction of sp³-hybridized carbons (Fsp3) is 0.350. The molecule has 0 heterocycles. The van der Waals surface area contributed by atoms with Gasteiger partial charge in [-0.25, -0.2) is 0 Å². The molecule has 1 aliphatic carbocycles. The molecule has 138 valence electrons. The van der Waals surface area contributed by atoms with Gasteiger partial charge >= 0.3 is 6.18 Å². The van der Waals surface area contributed by atoms with Crippen molar-refractivity contribution in [2.45, 2.75) is 44.0 Å². The summed E-state index contributed by atoms with van der Waals surface area (Å²) in [6.07, 6.45) is -1.94. The molecule has 0 saturated heterocycles. The predicted molar refractivity (Wildman–Crippen MR) is 92.6 cm³/mol. The molecule has 0 radical (unpaired) electrons. The number of alkyl halides is 3. The number of hydrogen-bond acceptors (Lipinski definition) is 2. The van der Waals surface area contributed by atoms with Crippen molar-refractivity contribution in [3.63, 3.8) is 0 Å². The lowest BCUT2D eigenvalue weighted by atomic mass is 9.92. The van der Waals surface area contributed by atoms with Gasteiger partial charge < -0.3 is 10.4 Å². The second kappa shape index (κ2) is 7.50. The molecular weight excluding hydrogens is 343 g/mol. The Bertz CT molecular complexity index is 763. The number of rotatable bonds is 3. The van der Waals surface area contributed by atoms with Crippen molar-refractivity contribution in [3.05, 3.63) is 59.7 Å². The second-order valence-corrected chi connectivity index (χ2v) is 6.60. The molecule has 1 amide bonds. The van der Waals surface area contributed by atoms with Crippen molar-refractivity contribution in [1.29, 1.82) is 0 Å². The van der Waals surface area contributed by atoms with E-state index >= 15 is 0 Å². The highest BCUT2D eigenvalue weighted by Crippen LogP contribution is 2.32. The van der Waals surface area contributed by atoms with Gasteiger partial charge in [0.2, 0.25) is 0 Å². The van der Waals surface area contributed by atoms with E-state index in [9.17, 15) is 23.1 Å². The number of halogens is 3. The Morgan fingerprint density at radius 3 is 2.19 bits per heavy atom. The average Bonchev–Trinajstić information content (AvgIpc) is 2.63. The maximum atomic E-state index is 12.7. The quantitative estimate of drug-likeness (QED) is 0.849. The van der Waals surface area contributed by atoms with E-state index in [0.717, 1.165) is 25.0 Å². The summed E-state index contributed by atoms with van der Waals surface area (Å²) in [4.78, 5) is 12.7. The molecule has 26 heavy (non-hydrogen) atoms. The summed E-state index contributed by atoms with van der Waals surface area (Å²) in [6, 6.07) is 11.7. The van der Waals surface area contributed by atoms with Crippen LogP contribution in [0.15, 0.2) is 48.5 Å². The molecular formula is C20H20F3NO2. The van der Waals surface area contributed by atoms with E-state index in [1.807, 2.05) is 0 Å². The Kier molecular flexibility index (Phi) is 5.32. The Morgan fingerprint density at radius 2 is 1.58 bits per heavy atom. The van der Waals surface area contributed by atoms with Gasteiger partial charge in [-0.1, -0.05) is 30.3 Å². The SMILES string of the molecule is O=C(NC1CCC(O)CC1)c1ccccc1-c1ccc(C(F)(F)F)cc1. The lowest BCUT2D eigenvalue weighted by molar-refractivity contribution is -0.137. The minimum atomic E-state index is -4.39. The molecule has 3 nitrogen and oxygen atoms in total. The predicted octanol–water partition coefficient (Wildman–Crippen LogP) is 4.41. The number of benzene rings is 2. The Labute approximate surface area is 149 Å². The van der Waals surface area contributed by atoms with E-state index in [0.29, 0.717) is 29.5 Å². The first-order valence-corrected chi connectivity index (χ1v) is 8.60. The van der Waals surface area contributed by atoms with Crippen LogP contribution in [-0.4, -0.2) is 23.2 Å². The minimum absolute atomic E-state index is 0.00608. The monoisotopic (exact) mass is 363 g/mol. The van der Waals surface area contributed by atoms with Crippen LogP contribution in [-0.2, 0) is 6.18 Å². The molecule has 1 saturated carbocycles. The fourth-order valence-electron chi connectivity index (χ4n) is 3.25. The van der Waals surface area contributed by atoms with E-state index in [-0.39, 0.29) is 18.1 Å². The topological polar surface area (TPSA) is 49.3 Å². The lowest BCUT2D eigenvalue weighted by Crippen LogP contribution is -2.38. The summed E-state index contributed by atoms with van der Waals surface area (Å²) in [5.41, 5.74) is 0.861. The molecule has 1 fully saturated rings. The van der Waals surface area contributed by atoms with E-state index in [4.69, 9.17) is 0 Å². The van der Waals surface area contributed by atoms with Crippen LogP contribution in [0.4, 0.5) is 13.2 Å². The molecule has 3 rings (SSSR count). The first-order valence-electron chi connectivity index (χ1n) is 8.60. The van der Waals surface area contributed by atoms with Crippen molar-refractivity contribution in [3.8, 4) is 11.1 Å². The van der Waals surface area contributed by atoms with E-state index in [1.165, 1.54) is 12.1 Å². The average molecular weight is 363 g/mol. The maximum Gasteiger partial charge on any atom is 0.416 e. The van der Waals surface area contributed by atoms with Gasteiger partial charge in [-0.05, 0) is 55.0 Å². The van der Waals surface area contributed by atoms with Gasteiger partial charge in [0.1, 0.15) is 0 Å². The molecule has 0 aromatic heterocycles. The standard InChI is InChI=1S/C20H20F3NO2/c21-20(22,23)14-7-5-13(6-8-14)17-3-1-2-4-18(17)19(26)24-15-9-11-16(25)12-10-15/h1-8,15-16,25H,9-12H2,(H,24,26). The summed E-state index contributed by atoms with van der Waals surface area (Å²) in [5.74, 6) is -0.248. The van der Waals surface area contributed by atoms with Gasteiger partial charge in [0, 0.05) is 11.6 Å². The molecule has 0 spiro atoms. The third-order valence-corrected chi connectivity index (χ3v) is 4.73. The Balaban J connectivity index is 1.80. The largest absolute Gasteiger partial charge is 0.416 e. The van der Waals surface area contributed by atoms with Crippen molar-refractivity contribution < 1.29 is 23.1 Å². The van der Waals surface area contributed by atoms with E-state index in [1.54, 1.807) is 24.3 Å². The molecule has 1 aliphatic rings. The third kappa shape index (κ3) is 4.25. The van der Waals surface area contributed by atoms with Crippen LogP contribution in [0.5, 0.6) is 0 Å². The van der Waals surface area contributed by atoms with Gasteiger partial charge in [-0.2, -0.15) is 13.2 Å². The number of amides is 1. The number of hydrogen-bond donors (Lipinski definition) is 2. The zero-order valence-corrected chi connectivity index (χ0v) is 14.1. The third-order valence-electron chi connectivity index (χ3n) is 4.73. The number of nitrogens with one attached hydrogen (secondary N) is 1. The van der Waals surface area contributed by atoms with Crippen molar-refractivity contribution in [1.82, 2.24) is 5.32 Å². The van der Waals surface area contributed by atoms with Crippen LogP contribution >= 0.6 is 0 Å². The van der Waals surface area contributed by atoms with E-state index in [2.05, 4.69) is 5.32 Å². The summed E-state index contributed by atoms with van der Waals surface area (Å²) in [7, 11) is 0. The van der Waals surface area contributed by atoms with Crippen molar-refractivity contribution >= 4 is 5.91 Å². The molecule has 2 aromatic carbocycles. The zero-order chi connectivity index (χ0) is 18.7. The highest BCUT2D eigenvalue weighted by molar-refractivity contribution is 6.01. The summed E-state index contributed by atoms with van der Waals surface area (Å²) >= 11 is 0. The Morgan fingerprint density at radius 1 is 0.962 bits per heavy atom. The number of aliphatic hydroxyl groups is 1. The highest BCUT2D eigenvalue weighted by atomic mass is 19.4. The number of aliphatic hydroxyl groups excluding tert-OH is 1. The molecule has 6 heteroatoms. The van der Waals surface area contributed by atoms with Gasteiger partial charge in [-0.15, -0.1) is 0 Å². The minimum Gasteiger partial charge on any atom is -0.393 e. The molecule has 0 unspecified atom stereocenters. The summed E-state index contributed by atoms with van der Waals surface area (Å²) in [6.45, 7) is 0. The van der Waals surface area contributed by atoms with Gasteiger partial charge in [-0.3, -0.25) is 4.79 Å². The van der Waals surface area contributed by atoms with Crippen LogP contribution in [0.1, 0.15) is 41.6 Å². The second-order valence-electron chi connectivity index (χ2n) is 6.60. The smallest absolute Gasteiger partial charge is 0.393 e. The summed E-state index contributed by atoms with van der Waals surface area (Å²) in [5, 5.41) is 12.5. The maximum absolute atomic E-state index is 12.7. The van der Waals surface area contributed by atoms with Crippen LogP contribution < -0.4 is 5.32 Å². The van der Waals surface area contributed by atoms with Crippen molar-refractivity contribution in [2.75, 3.05) is 0 Å². The van der Waals surface area contributed by atoms with Crippen LogP contribution in [0.3, 0.4) is 0 Å². The highest BCUT2D eigenvalue weighted by Gasteiger charge is 2.30. The van der Waals surface area contributed by atoms with E-state index < -0.39 is 11.7 Å². The molecule has 0 aliphatic heterocycles.